The Morgan fingerprint density at radius 2 is 2.19 bits per heavy atom. The molecule has 1 aromatic heterocycles. The van der Waals surface area contributed by atoms with Crippen molar-refractivity contribution in [1.29, 1.82) is 0 Å². The molecule has 2 rings (SSSR count). The molecule has 1 heterocycles. The molecular formula is C12H13FN2O. The third-order valence-electron chi connectivity index (χ3n) is 2.30. The number of benzene rings is 1. The number of hydrogen-bond acceptors (Lipinski definition) is 3. The summed E-state index contributed by atoms with van der Waals surface area (Å²) in [6, 6.07) is 7.25. The average Bonchev–Trinajstić information content (AvgIpc) is 2.33. The number of pyridine rings is 1. The Hall–Kier alpha value is -1.84. The minimum absolute atomic E-state index is 0.353. The molecule has 2 N–H and O–H groups in total. The Kier molecular flexibility index (Phi) is 3.19. The second-order valence-electron chi connectivity index (χ2n) is 3.44. The molecule has 0 aliphatic carbocycles. The molecule has 84 valence electrons. The summed E-state index contributed by atoms with van der Waals surface area (Å²) in [4.78, 5) is 4.22. The van der Waals surface area contributed by atoms with E-state index in [0.717, 1.165) is 10.9 Å². The molecule has 0 aliphatic rings. The van der Waals surface area contributed by atoms with E-state index >= 15 is 0 Å². The zero-order valence-electron chi connectivity index (χ0n) is 8.82. The maximum atomic E-state index is 12.0. The van der Waals surface area contributed by atoms with Crippen LogP contribution in [0, 0.1) is 0 Å². The van der Waals surface area contributed by atoms with Crippen molar-refractivity contribution in [3.05, 3.63) is 30.5 Å². The van der Waals surface area contributed by atoms with Crippen molar-refractivity contribution in [1.82, 2.24) is 4.98 Å². The molecule has 3 nitrogen and oxygen atoms in total. The number of rotatable bonds is 4. The second-order valence-corrected chi connectivity index (χ2v) is 3.44. The molecule has 0 atom stereocenters. The molecule has 0 amide bonds. The van der Waals surface area contributed by atoms with Gasteiger partial charge in [0, 0.05) is 23.7 Å². The standard InChI is InChI=1S/C12H13FN2O/c13-6-2-8-16-11-5-4-10(14)9-3-1-7-15-12(9)11/h1,3-5,7H,2,6,8,14H2. The van der Waals surface area contributed by atoms with E-state index in [1.165, 1.54) is 0 Å². The molecular weight excluding hydrogens is 207 g/mol. The first-order valence-electron chi connectivity index (χ1n) is 5.15. The van der Waals surface area contributed by atoms with Gasteiger partial charge in [-0.1, -0.05) is 0 Å². The lowest BCUT2D eigenvalue weighted by Gasteiger charge is -2.09. The van der Waals surface area contributed by atoms with Gasteiger partial charge in [-0.3, -0.25) is 9.37 Å². The van der Waals surface area contributed by atoms with Gasteiger partial charge in [-0.05, 0) is 24.3 Å². The van der Waals surface area contributed by atoms with Gasteiger partial charge in [-0.25, -0.2) is 0 Å². The van der Waals surface area contributed by atoms with E-state index in [1.54, 1.807) is 18.3 Å². The van der Waals surface area contributed by atoms with Crippen LogP contribution in [-0.4, -0.2) is 18.3 Å². The summed E-state index contributed by atoms with van der Waals surface area (Å²) in [7, 11) is 0. The van der Waals surface area contributed by atoms with Crippen LogP contribution in [0.3, 0.4) is 0 Å². The van der Waals surface area contributed by atoms with Crippen molar-refractivity contribution in [3.8, 4) is 5.75 Å². The lowest BCUT2D eigenvalue weighted by atomic mass is 10.2. The molecule has 0 saturated carbocycles. The highest BCUT2D eigenvalue weighted by atomic mass is 19.1. The number of nitrogens with two attached hydrogens (primary N) is 1. The monoisotopic (exact) mass is 220 g/mol. The number of ether oxygens (including phenoxy) is 1. The molecule has 0 unspecified atom stereocenters. The smallest absolute Gasteiger partial charge is 0.145 e. The highest BCUT2D eigenvalue weighted by Crippen LogP contribution is 2.27. The van der Waals surface area contributed by atoms with E-state index in [0.29, 0.717) is 24.5 Å². The van der Waals surface area contributed by atoms with Crippen LogP contribution >= 0.6 is 0 Å². The molecule has 0 radical (unpaired) electrons. The highest BCUT2D eigenvalue weighted by Gasteiger charge is 2.05. The van der Waals surface area contributed by atoms with E-state index in [2.05, 4.69) is 4.98 Å². The SMILES string of the molecule is Nc1ccc(OCCCF)c2ncccc12. The Labute approximate surface area is 93.0 Å². The van der Waals surface area contributed by atoms with E-state index in [1.807, 2.05) is 12.1 Å². The number of hydrogen-bond donors (Lipinski definition) is 1. The van der Waals surface area contributed by atoms with E-state index in [9.17, 15) is 4.39 Å². The van der Waals surface area contributed by atoms with Crippen molar-refractivity contribution in [2.45, 2.75) is 6.42 Å². The molecule has 0 spiro atoms. The summed E-state index contributed by atoms with van der Waals surface area (Å²) in [5, 5.41) is 0.861. The fourth-order valence-electron chi connectivity index (χ4n) is 1.52. The predicted molar refractivity (Wildman–Crippen MR) is 62.2 cm³/mol. The van der Waals surface area contributed by atoms with E-state index in [-0.39, 0.29) is 6.67 Å². The average molecular weight is 220 g/mol. The fourth-order valence-corrected chi connectivity index (χ4v) is 1.52. The maximum absolute atomic E-state index is 12.0. The van der Waals surface area contributed by atoms with Crippen LogP contribution in [0.4, 0.5) is 10.1 Å². The molecule has 0 bridgehead atoms. The largest absolute Gasteiger partial charge is 0.491 e. The van der Waals surface area contributed by atoms with Crippen molar-refractivity contribution in [2.75, 3.05) is 19.0 Å². The van der Waals surface area contributed by atoms with Gasteiger partial charge in [0.05, 0.1) is 13.3 Å². The van der Waals surface area contributed by atoms with Crippen LogP contribution in [0.5, 0.6) is 5.75 Å². The van der Waals surface area contributed by atoms with Crippen molar-refractivity contribution < 1.29 is 9.13 Å². The number of halogens is 1. The second kappa shape index (κ2) is 4.79. The topological polar surface area (TPSA) is 48.1 Å². The summed E-state index contributed by atoms with van der Waals surface area (Å²) < 4.78 is 17.4. The van der Waals surface area contributed by atoms with Gasteiger partial charge in [0.25, 0.3) is 0 Å². The Morgan fingerprint density at radius 1 is 1.31 bits per heavy atom. The van der Waals surface area contributed by atoms with Gasteiger partial charge in [0.15, 0.2) is 0 Å². The number of nitrogen functional groups attached to an aromatic ring is 1. The summed E-state index contributed by atoms with van der Waals surface area (Å²) in [6.07, 6.45) is 2.07. The number of aromatic nitrogens is 1. The lowest BCUT2D eigenvalue weighted by molar-refractivity contribution is 0.292. The predicted octanol–water partition coefficient (Wildman–Crippen LogP) is 2.56. The van der Waals surface area contributed by atoms with Crippen LogP contribution in [0.25, 0.3) is 10.9 Å². The third kappa shape index (κ3) is 2.05. The molecule has 16 heavy (non-hydrogen) atoms. The van der Waals surface area contributed by atoms with Crippen LogP contribution < -0.4 is 10.5 Å². The van der Waals surface area contributed by atoms with Crippen molar-refractivity contribution in [3.63, 3.8) is 0 Å². The fraction of sp³-hybridized carbons (Fsp3) is 0.250. The summed E-state index contributed by atoms with van der Waals surface area (Å²) >= 11 is 0. The molecule has 0 aliphatic heterocycles. The first kappa shape index (κ1) is 10.7. The Balaban J connectivity index is 2.35. The minimum atomic E-state index is -0.375. The maximum Gasteiger partial charge on any atom is 0.145 e. The van der Waals surface area contributed by atoms with Crippen molar-refractivity contribution in [2.24, 2.45) is 0 Å². The number of nitrogens with zero attached hydrogens (tertiary/aromatic N) is 1. The Bertz CT molecular complexity index is 487. The zero-order chi connectivity index (χ0) is 11.4. The van der Waals surface area contributed by atoms with Crippen LogP contribution in [0.15, 0.2) is 30.5 Å². The van der Waals surface area contributed by atoms with E-state index in [4.69, 9.17) is 10.5 Å². The van der Waals surface area contributed by atoms with Crippen LogP contribution in [0.1, 0.15) is 6.42 Å². The van der Waals surface area contributed by atoms with Gasteiger partial charge in [-0.15, -0.1) is 0 Å². The molecule has 0 fully saturated rings. The van der Waals surface area contributed by atoms with Gasteiger partial charge in [0.2, 0.25) is 0 Å². The lowest BCUT2D eigenvalue weighted by Crippen LogP contribution is -2.00. The number of anilines is 1. The molecule has 1 aromatic carbocycles. The van der Waals surface area contributed by atoms with Crippen LogP contribution in [-0.2, 0) is 0 Å². The molecule has 4 heteroatoms. The van der Waals surface area contributed by atoms with Gasteiger partial charge in [0.1, 0.15) is 11.3 Å². The number of fused-ring (bicyclic) bond motifs is 1. The van der Waals surface area contributed by atoms with Crippen LogP contribution in [0.2, 0.25) is 0 Å². The summed E-state index contributed by atoms with van der Waals surface area (Å²) in [5.74, 6) is 0.651. The van der Waals surface area contributed by atoms with Crippen molar-refractivity contribution >= 4 is 16.6 Å². The zero-order valence-corrected chi connectivity index (χ0v) is 8.82. The quantitative estimate of drug-likeness (QED) is 0.636. The molecule has 2 aromatic rings. The normalized spacial score (nSPS) is 10.6. The first-order chi connectivity index (χ1) is 7.83. The highest BCUT2D eigenvalue weighted by molar-refractivity contribution is 5.94. The minimum Gasteiger partial charge on any atom is -0.491 e. The molecule has 0 saturated heterocycles. The summed E-state index contributed by atoms with van der Waals surface area (Å²) in [6.45, 7) is -0.0214. The summed E-state index contributed by atoms with van der Waals surface area (Å²) in [5.41, 5.74) is 7.22. The van der Waals surface area contributed by atoms with Gasteiger partial charge < -0.3 is 10.5 Å². The Morgan fingerprint density at radius 3 is 3.00 bits per heavy atom. The van der Waals surface area contributed by atoms with E-state index < -0.39 is 0 Å². The first-order valence-corrected chi connectivity index (χ1v) is 5.15. The van der Waals surface area contributed by atoms with Gasteiger partial charge in [-0.2, -0.15) is 0 Å². The van der Waals surface area contributed by atoms with Gasteiger partial charge >= 0.3 is 0 Å². The number of alkyl halides is 1. The third-order valence-corrected chi connectivity index (χ3v) is 2.30.